The minimum absolute atomic E-state index is 0.187. The molecule has 122 valence electrons. The smallest absolute Gasteiger partial charge is 0.244 e. The van der Waals surface area contributed by atoms with E-state index in [1.165, 1.54) is 0 Å². The molecule has 0 aliphatic rings. The van der Waals surface area contributed by atoms with Crippen LogP contribution in [0.5, 0.6) is 5.75 Å². The van der Waals surface area contributed by atoms with E-state index >= 15 is 0 Å². The molecule has 2 aromatic carbocycles. The molecule has 3 N–H and O–H groups in total. The number of carbonyl (C=O) groups is 1. The van der Waals surface area contributed by atoms with Gasteiger partial charge in [0.25, 0.3) is 0 Å². The SMILES string of the molecule is COc1ccc(CCNC(=O)C(C)(N)c2ccc(Br)cc2)cc1. The van der Waals surface area contributed by atoms with E-state index < -0.39 is 5.54 Å². The third kappa shape index (κ3) is 4.56. The lowest BCUT2D eigenvalue weighted by molar-refractivity contribution is -0.126. The first-order valence-corrected chi connectivity index (χ1v) is 8.19. The van der Waals surface area contributed by atoms with Gasteiger partial charge in [-0.2, -0.15) is 0 Å². The van der Waals surface area contributed by atoms with E-state index in [2.05, 4.69) is 21.2 Å². The molecule has 0 aliphatic carbocycles. The van der Waals surface area contributed by atoms with Gasteiger partial charge in [-0.15, -0.1) is 0 Å². The highest BCUT2D eigenvalue weighted by Gasteiger charge is 2.29. The van der Waals surface area contributed by atoms with Crippen molar-refractivity contribution in [2.24, 2.45) is 5.73 Å². The summed E-state index contributed by atoms with van der Waals surface area (Å²) in [4.78, 5) is 12.4. The number of amides is 1. The molecule has 0 aliphatic heterocycles. The normalized spacial score (nSPS) is 13.2. The van der Waals surface area contributed by atoms with E-state index in [4.69, 9.17) is 10.5 Å². The molecule has 0 saturated carbocycles. The van der Waals surface area contributed by atoms with E-state index in [0.29, 0.717) is 6.54 Å². The quantitative estimate of drug-likeness (QED) is 0.814. The Balaban J connectivity index is 1.91. The molecule has 2 aromatic rings. The summed E-state index contributed by atoms with van der Waals surface area (Å²) in [7, 11) is 1.64. The molecule has 0 saturated heterocycles. The van der Waals surface area contributed by atoms with Crippen LogP contribution in [-0.2, 0) is 16.8 Å². The molecule has 1 amide bonds. The minimum Gasteiger partial charge on any atom is -0.497 e. The van der Waals surface area contributed by atoms with Crippen molar-refractivity contribution in [3.05, 3.63) is 64.1 Å². The number of benzene rings is 2. The van der Waals surface area contributed by atoms with E-state index in [-0.39, 0.29) is 5.91 Å². The van der Waals surface area contributed by atoms with E-state index in [0.717, 1.165) is 27.8 Å². The van der Waals surface area contributed by atoms with E-state index in [1.54, 1.807) is 14.0 Å². The van der Waals surface area contributed by atoms with Crippen LogP contribution in [0.1, 0.15) is 18.1 Å². The van der Waals surface area contributed by atoms with Crippen LogP contribution < -0.4 is 15.8 Å². The zero-order chi connectivity index (χ0) is 16.9. The Kier molecular flexibility index (Phi) is 5.80. The first-order chi connectivity index (χ1) is 10.9. The summed E-state index contributed by atoms with van der Waals surface area (Å²) < 4.78 is 6.08. The predicted molar refractivity (Wildman–Crippen MR) is 95.4 cm³/mol. The number of hydrogen-bond donors (Lipinski definition) is 2. The maximum atomic E-state index is 12.4. The van der Waals surface area contributed by atoms with Crippen LogP contribution in [0.3, 0.4) is 0 Å². The molecule has 0 fully saturated rings. The summed E-state index contributed by atoms with van der Waals surface area (Å²) in [5.41, 5.74) is 7.06. The molecule has 0 radical (unpaired) electrons. The van der Waals surface area contributed by atoms with Gasteiger partial charge < -0.3 is 15.8 Å². The minimum atomic E-state index is -1.05. The molecular weight excluding hydrogens is 356 g/mol. The highest BCUT2D eigenvalue weighted by Crippen LogP contribution is 2.20. The molecule has 5 heteroatoms. The first kappa shape index (κ1) is 17.5. The molecule has 1 atom stereocenters. The van der Waals surface area contributed by atoms with Crippen molar-refractivity contribution in [3.8, 4) is 5.75 Å². The fourth-order valence-electron chi connectivity index (χ4n) is 2.22. The summed E-state index contributed by atoms with van der Waals surface area (Å²) in [6.07, 6.45) is 0.742. The van der Waals surface area contributed by atoms with Gasteiger partial charge in [-0.1, -0.05) is 40.2 Å². The van der Waals surface area contributed by atoms with Crippen LogP contribution in [0.15, 0.2) is 53.0 Å². The summed E-state index contributed by atoms with van der Waals surface area (Å²) in [5, 5.41) is 2.91. The van der Waals surface area contributed by atoms with Crippen molar-refractivity contribution in [2.45, 2.75) is 18.9 Å². The zero-order valence-corrected chi connectivity index (χ0v) is 14.9. The average Bonchev–Trinajstić information content (AvgIpc) is 2.55. The van der Waals surface area contributed by atoms with Gasteiger partial charge in [0.2, 0.25) is 5.91 Å². The second-order valence-corrected chi connectivity index (χ2v) is 6.48. The highest BCUT2D eigenvalue weighted by atomic mass is 79.9. The summed E-state index contributed by atoms with van der Waals surface area (Å²) >= 11 is 3.38. The van der Waals surface area contributed by atoms with Crippen molar-refractivity contribution in [1.82, 2.24) is 5.32 Å². The first-order valence-electron chi connectivity index (χ1n) is 7.39. The van der Waals surface area contributed by atoms with Gasteiger partial charge >= 0.3 is 0 Å². The zero-order valence-electron chi connectivity index (χ0n) is 13.3. The maximum Gasteiger partial charge on any atom is 0.244 e. The second-order valence-electron chi connectivity index (χ2n) is 5.56. The predicted octanol–water partition coefficient (Wildman–Crippen LogP) is 2.99. The van der Waals surface area contributed by atoms with Crippen molar-refractivity contribution < 1.29 is 9.53 Å². The summed E-state index contributed by atoms with van der Waals surface area (Å²) in [6.45, 7) is 2.26. The number of methoxy groups -OCH3 is 1. The monoisotopic (exact) mass is 376 g/mol. The third-order valence-electron chi connectivity index (χ3n) is 3.77. The molecule has 23 heavy (non-hydrogen) atoms. The molecule has 4 nitrogen and oxygen atoms in total. The van der Waals surface area contributed by atoms with Crippen LogP contribution in [-0.4, -0.2) is 19.6 Å². The topological polar surface area (TPSA) is 64.3 Å². The van der Waals surface area contributed by atoms with E-state index in [9.17, 15) is 4.79 Å². The third-order valence-corrected chi connectivity index (χ3v) is 4.30. The van der Waals surface area contributed by atoms with Crippen molar-refractivity contribution in [2.75, 3.05) is 13.7 Å². The number of nitrogens with one attached hydrogen (secondary N) is 1. The Bertz CT molecular complexity index is 652. The molecule has 0 spiro atoms. The lowest BCUT2D eigenvalue weighted by atomic mass is 9.92. The van der Waals surface area contributed by atoms with Crippen molar-refractivity contribution >= 4 is 21.8 Å². The molecule has 2 rings (SSSR count). The Hall–Kier alpha value is -1.85. The van der Waals surface area contributed by atoms with Crippen LogP contribution in [0, 0.1) is 0 Å². The van der Waals surface area contributed by atoms with Crippen LogP contribution in [0.2, 0.25) is 0 Å². The Morgan fingerprint density at radius 1 is 1.17 bits per heavy atom. The fraction of sp³-hybridized carbons (Fsp3) is 0.278. The molecule has 1 unspecified atom stereocenters. The lowest BCUT2D eigenvalue weighted by Gasteiger charge is -2.24. The number of hydrogen-bond acceptors (Lipinski definition) is 3. The number of rotatable bonds is 6. The second kappa shape index (κ2) is 7.62. The van der Waals surface area contributed by atoms with Gasteiger partial charge in [0.15, 0.2) is 0 Å². The highest BCUT2D eigenvalue weighted by molar-refractivity contribution is 9.10. The van der Waals surface area contributed by atoms with Crippen LogP contribution in [0.4, 0.5) is 0 Å². The van der Waals surface area contributed by atoms with Crippen LogP contribution in [0.25, 0.3) is 0 Å². The van der Waals surface area contributed by atoms with Crippen molar-refractivity contribution in [1.29, 1.82) is 0 Å². The fourth-order valence-corrected chi connectivity index (χ4v) is 2.49. The Morgan fingerprint density at radius 3 is 2.35 bits per heavy atom. The molecule has 0 aromatic heterocycles. The van der Waals surface area contributed by atoms with Gasteiger partial charge in [-0.3, -0.25) is 4.79 Å². The van der Waals surface area contributed by atoms with Gasteiger partial charge in [-0.05, 0) is 48.7 Å². The molecule has 0 heterocycles. The van der Waals surface area contributed by atoms with Gasteiger partial charge in [0.05, 0.1) is 7.11 Å². The largest absolute Gasteiger partial charge is 0.497 e. The maximum absolute atomic E-state index is 12.4. The summed E-state index contributed by atoms with van der Waals surface area (Å²) in [5.74, 6) is 0.635. The molecule has 0 bridgehead atoms. The van der Waals surface area contributed by atoms with Gasteiger partial charge in [-0.25, -0.2) is 0 Å². The van der Waals surface area contributed by atoms with Crippen LogP contribution >= 0.6 is 15.9 Å². The Morgan fingerprint density at radius 2 is 1.78 bits per heavy atom. The Labute approximate surface area is 145 Å². The number of nitrogens with two attached hydrogens (primary N) is 1. The van der Waals surface area contributed by atoms with Crippen molar-refractivity contribution in [3.63, 3.8) is 0 Å². The van der Waals surface area contributed by atoms with Gasteiger partial charge in [0.1, 0.15) is 11.3 Å². The number of carbonyl (C=O) groups excluding carboxylic acids is 1. The average molecular weight is 377 g/mol. The summed E-state index contributed by atoms with van der Waals surface area (Å²) in [6, 6.07) is 15.3. The number of halogens is 1. The standard InChI is InChI=1S/C18H21BrN2O2/c1-18(20,14-5-7-15(19)8-6-14)17(22)21-12-11-13-3-9-16(23-2)10-4-13/h3-10H,11-12,20H2,1-2H3,(H,21,22). The number of ether oxygens (including phenoxy) is 1. The van der Waals surface area contributed by atoms with E-state index in [1.807, 2.05) is 48.5 Å². The molecular formula is C18H21BrN2O2. The lowest BCUT2D eigenvalue weighted by Crippen LogP contribution is -2.49. The van der Waals surface area contributed by atoms with Gasteiger partial charge in [0, 0.05) is 11.0 Å².